The maximum Gasteiger partial charge on any atom is 0.306 e. The summed E-state index contributed by atoms with van der Waals surface area (Å²) in [6.45, 7) is 0.774. The molecule has 0 bridgehead atoms. The van der Waals surface area contributed by atoms with Crippen LogP contribution in [0.25, 0.3) is 0 Å². The van der Waals surface area contributed by atoms with E-state index in [0.29, 0.717) is 31.5 Å². The van der Waals surface area contributed by atoms with E-state index >= 15 is 0 Å². The number of carbonyl (C=O) groups is 2. The highest BCUT2D eigenvalue weighted by atomic mass is 19.1. The summed E-state index contributed by atoms with van der Waals surface area (Å²) < 4.78 is 13.5. The van der Waals surface area contributed by atoms with Crippen molar-refractivity contribution in [3.8, 4) is 6.07 Å². The lowest BCUT2D eigenvalue weighted by Crippen LogP contribution is -2.41. The molecule has 1 heterocycles. The third kappa shape index (κ3) is 4.32. The standard InChI is InChI=1S/C17H18FN3O3/c18-15-4-2-1-3-13(15)10-20-11-14(9-19)16(22)21-7-5-12(6-8-21)17(23)24/h1-4,11-12,20H,5-8,10H2,(H,23,24)/b14-11-. The van der Waals surface area contributed by atoms with Crippen LogP contribution in [0.5, 0.6) is 0 Å². The minimum absolute atomic E-state index is 0.0832. The molecule has 1 fully saturated rings. The van der Waals surface area contributed by atoms with Crippen molar-refractivity contribution >= 4 is 11.9 Å². The molecule has 0 unspecified atom stereocenters. The number of hydrogen-bond donors (Lipinski definition) is 2. The van der Waals surface area contributed by atoms with Gasteiger partial charge in [0.1, 0.15) is 17.5 Å². The van der Waals surface area contributed by atoms with Gasteiger partial charge in [-0.25, -0.2) is 4.39 Å². The van der Waals surface area contributed by atoms with Gasteiger partial charge in [-0.05, 0) is 18.9 Å². The lowest BCUT2D eigenvalue weighted by atomic mass is 9.97. The van der Waals surface area contributed by atoms with Crippen molar-refractivity contribution in [1.29, 1.82) is 5.26 Å². The molecule has 7 heteroatoms. The number of likely N-dealkylation sites (tertiary alicyclic amines) is 1. The molecule has 0 radical (unpaired) electrons. The van der Waals surface area contributed by atoms with Crippen LogP contribution >= 0.6 is 0 Å². The molecule has 126 valence electrons. The Hall–Kier alpha value is -2.88. The van der Waals surface area contributed by atoms with E-state index in [1.54, 1.807) is 18.2 Å². The van der Waals surface area contributed by atoms with Crippen molar-refractivity contribution in [2.45, 2.75) is 19.4 Å². The van der Waals surface area contributed by atoms with Gasteiger partial charge in [0.15, 0.2) is 0 Å². The van der Waals surface area contributed by atoms with Crippen molar-refractivity contribution in [3.05, 3.63) is 47.4 Å². The van der Waals surface area contributed by atoms with Crippen molar-refractivity contribution < 1.29 is 19.1 Å². The van der Waals surface area contributed by atoms with Gasteiger partial charge in [0.2, 0.25) is 0 Å². The number of halogens is 1. The topological polar surface area (TPSA) is 93.4 Å². The molecule has 0 saturated carbocycles. The second kappa shape index (κ2) is 8.11. The Bertz CT molecular complexity index is 689. The quantitative estimate of drug-likeness (QED) is 0.632. The molecule has 1 saturated heterocycles. The van der Waals surface area contributed by atoms with Crippen LogP contribution in [0.2, 0.25) is 0 Å². The number of carboxylic acids is 1. The summed E-state index contributed by atoms with van der Waals surface area (Å²) in [5, 5.41) is 20.9. The van der Waals surface area contributed by atoms with Crippen LogP contribution in [0.3, 0.4) is 0 Å². The summed E-state index contributed by atoms with van der Waals surface area (Å²) in [5.74, 6) is -2.10. The van der Waals surface area contributed by atoms with E-state index in [-0.39, 0.29) is 17.9 Å². The summed E-state index contributed by atoms with van der Waals surface area (Å²) >= 11 is 0. The maximum atomic E-state index is 13.5. The molecule has 0 aromatic heterocycles. The zero-order valence-electron chi connectivity index (χ0n) is 13.0. The first-order valence-electron chi connectivity index (χ1n) is 7.62. The fourth-order valence-corrected chi connectivity index (χ4v) is 2.55. The van der Waals surface area contributed by atoms with Gasteiger partial charge < -0.3 is 15.3 Å². The predicted octanol–water partition coefficient (Wildman–Crippen LogP) is 1.65. The van der Waals surface area contributed by atoms with Crippen molar-refractivity contribution in [3.63, 3.8) is 0 Å². The van der Waals surface area contributed by atoms with Crippen molar-refractivity contribution in [2.24, 2.45) is 5.92 Å². The molecule has 1 aliphatic rings. The van der Waals surface area contributed by atoms with Gasteiger partial charge in [-0.15, -0.1) is 0 Å². The number of hydrogen-bond acceptors (Lipinski definition) is 4. The van der Waals surface area contributed by atoms with Gasteiger partial charge in [0.25, 0.3) is 5.91 Å². The summed E-state index contributed by atoms with van der Waals surface area (Å²) in [5.41, 5.74) is 0.348. The Morgan fingerprint density at radius 3 is 2.62 bits per heavy atom. The highest BCUT2D eigenvalue weighted by Gasteiger charge is 2.28. The number of nitrogens with one attached hydrogen (secondary N) is 1. The highest BCUT2D eigenvalue weighted by molar-refractivity contribution is 5.97. The van der Waals surface area contributed by atoms with E-state index in [0.717, 1.165) is 0 Å². The number of rotatable bonds is 5. The zero-order chi connectivity index (χ0) is 17.5. The van der Waals surface area contributed by atoms with Gasteiger partial charge in [-0.3, -0.25) is 9.59 Å². The molecular weight excluding hydrogens is 313 g/mol. The Kier molecular flexibility index (Phi) is 5.90. The molecule has 1 aromatic rings. The fourth-order valence-electron chi connectivity index (χ4n) is 2.55. The zero-order valence-corrected chi connectivity index (χ0v) is 13.0. The van der Waals surface area contributed by atoms with E-state index in [1.165, 1.54) is 17.2 Å². The largest absolute Gasteiger partial charge is 0.481 e. The molecule has 0 aliphatic carbocycles. The minimum atomic E-state index is -0.857. The first-order chi connectivity index (χ1) is 11.5. The van der Waals surface area contributed by atoms with Gasteiger partial charge >= 0.3 is 5.97 Å². The molecular formula is C17H18FN3O3. The molecule has 1 aromatic carbocycles. The van der Waals surface area contributed by atoms with Gasteiger partial charge in [0, 0.05) is 31.4 Å². The third-order valence-corrected chi connectivity index (χ3v) is 3.98. The molecule has 1 amide bonds. The molecule has 2 N–H and O–H groups in total. The van der Waals surface area contributed by atoms with E-state index < -0.39 is 17.8 Å². The SMILES string of the molecule is N#C/C(=C/NCc1ccccc1F)C(=O)N1CCC(C(=O)O)CC1. The number of carbonyl (C=O) groups excluding carboxylic acids is 1. The second-order valence-corrected chi connectivity index (χ2v) is 5.55. The predicted molar refractivity (Wildman–Crippen MR) is 83.9 cm³/mol. The van der Waals surface area contributed by atoms with Crippen molar-refractivity contribution in [1.82, 2.24) is 10.2 Å². The smallest absolute Gasteiger partial charge is 0.306 e. The van der Waals surface area contributed by atoms with E-state index in [4.69, 9.17) is 10.4 Å². The van der Waals surface area contributed by atoms with E-state index in [2.05, 4.69) is 5.32 Å². The number of piperidine rings is 1. The first kappa shape index (κ1) is 17.5. The Balaban J connectivity index is 1.93. The van der Waals surface area contributed by atoms with Crippen LogP contribution in [0.1, 0.15) is 18.4 Å². The number of nitriles is 1. The van der Waals surface area contributed by atoms with Crippen LogP contribution in [-0.2, 0) is 16.1 Å². The number of amides is 1. The molecule has 24 heavy (non-hydrogen) atoms. The number of carboxylic acid groups (broad SMARTS) is 1. The van der Waals surface area contributed by atoms with Crippen molar-refractivity contribution in [2.75, 3.05) is 13.1 Å². The lowest BCUT2D eigenvalue weighted by molar-refractivity contribution is -0.145. The molecule has 6 nitrogen and oxygen atoms in total. The average Bonchev–Trinajstić information content (AvgIpc) is 2.60. The summed E-state index contributed by atoms with van der Waals surface area (Å²) in [4.78, 5) is 24.7. The van der Waals surface area contributed by atoms with Crippen LogP contribution in [0.15, 0.2) is 36.0 Å². The second-order valence-electron chi connectivity index (χ2n) is 5.55. The monoisotopic (exact) mass is 331 g/mol. The normalized spacial score (nSPS) is 15.7. The minimum Gasteiger partial charge on any atom is -0.481 e. The molecule has 2 rings (SSSR count). The summed E-state index contributed by atoms with van der Waals surface area (Å²) in [7, 11) is 0. The van der Waals surface area contributed by atoms with Gasteiger partial charge in [-0.2, -0.15) is 5.26 Å². The fraction of sp³-hybridized carbons (Fsp3) is 0.353. The molecule has 1 aliphatic heterocycles. The van der Waals surface area contributed by atoms with Gasteiger partial charge in [-0.1, -0.05) is 18.2 Å². The van der Waals surface area contributed by atoms with Crippen LogP contribution in [-0.4, -0.2) is 35.0 Å². The Labute approximate surface area is 139 Å². The van der Waals surface area contributed by atoms with Crippen LogP contribution < -0.4 is 5.32 Å². The number of benzene rings is 1. The van der Waals surface area contributed by atoms with E-state index in [1.807, 2.05) is 6.07 Å². The number of nitrogens with zero attached hydrogens (tertiary/aromatic N) is 2. The maximum absolute atomic E-state index is 13.5. The van der Waals surface area contributed by atoms with Crippen LogP contribution in [0.4, 0.5) is 4.39 Å². The third-order valence-electron chi connectivity index (χ3n) is 3.98. The lowest BCUT2D eigenvalue weighted by Gasteiger charge is -2.29. The average molecular weight is 331 g/mol. The summed E-state index contributed by atoms with van der Waals surface area (Å²) in [6.07, 6.45) is 2.03. The number of aliphatic carboxylic acids is 1. The molecule has 0 atom stereocenters. The Morgan fingerprint density at radius 2 is 2.04 bits per heavy atom. The van der Waals surface area contributed by atoms with Gasteiger partial charge in [0.05, 0.1) is 5.92 Å². The Morgan fingerprint density at radius 1 is 1.38 bits per heavy atom. The molecule has 0 spiro atoms. The van der Waals surface area contributed by atoms with Crippen LogP contribution in [0, 0.1) is 23.1 Å². The van der Waals surface area contributed by atoms with E-state index in [9.17, 15) is 14.0 Å². The highest BCUT2D eigenvalue weighted by Crippen LogP contribution is 2.18. The summed E-state index contributed by atoms with van der Waals surface area (Å²) in [6, 6.07) is 8.06. The first-order valence-corrected chi connectivity index (χ1v) is 7.62.